The minimum Gasteiger partial charge on any atom is -0.310 e. The molecule has 0 saturated heterocycles. The van der Waals surface area contributed by atoms with E-state index in [0.29, 0.717) is 10.7 Å². The molecular formula is C20H19N3O2S. The van der Waals surface area contributed by atoms with Crippen molar-refractivity contribution >= 4 is 28.8 Å². The Bertz CT molecular complexity index is 989. The highest BCUT2D eigenvalue weighted by Gasteiger charge is 2.36. The zero-order chi connectivity index (χ0) is 18.3. The zero-order valence-corrected chi connectivity index (χ0v) is 15.5. The Morgan fingerprint density at radius 2 is 2.19 bits per heavy atom. The van der Waals surface area contributed by atoms with Crippen LogP contribution in [0.5, 0.6) is 0 Å². The number of Topliss-reactive ketones (excluding diaryl/α,β-unsaturated/α-hetero) is 1. The van der Waals surface area contributed by atoms with Gasteiger partial charge in [0.2, 0.25) is 5.91 Å². The highest BCUT2D eigenvalue weighted by atomic mass is 32.1. The number of hydrogen-bond donors (Lipinski definition) is 1. The Balaban J connectivity index is 1.83. The summed E-state index contributed by atoms with van der Waals surface area (Å²) in [7, 11) is 0. The van der Waals surface area contributed by atoms with Gasteiger partial charge in [-0.1, -0.05) is 25.1 Å². The maximum Gasteiger partial charge on any atom is 0.226 e. The van der Waals surface area contributed by atoms with Gasteiger partial charge in [0.1, 0.15) is 5.82 Å². The lowest BCUT2D eigenvalue weighted by Crippen LogP contribution is -2.28. The van der Waals surface area contributed by atoms with Crippen molar-refractivity contribution < 1.29 is 9.59 Å². The van der Waals surface area contributed by atoms with Crippen LogP contribution in [-0.4, -0.2) is 21.5 Å². The number of aryl methyl sites for hydroxylation is 2. The summed E-state index contributed by atoms with van der Waals surface area (Å²) in [4.78, 5) is 26.0. The van der Waals surface area contributed by atoms with Crippen molar-refractivity contribution in [3.63, 3.8) is 0 Å². The first-order chi connectivity index (χ1) is 12.6. The van der Waals surface area contributed by atoms with Crippen molar-refractivity contribution in [2.45, 2.75) is 32.6 Å². The monoisotopic (exact) mass is 365 g/mol. The van der Waals surface area contributed by atoms with Crippen LogP contribution in [0.15, 0.2) is 41.8 Å². The summed E-state index contributed by atoms with van der Waals surface area (Å²) >= 11 is 1.41. The molecule has 1 N–H and O–H groups in total. The summed E-state index contributed by atoms with van der Waals surface area (Å²) in [5, 5.41) is 9.45. The molecule has 1 aromatic carbocycles. The first-order valence-corrected chi connectivity index (χ1v) is 9.53. The van der Waals surface area contributed by atoms with Gasteiger partial charge in [0.25, 0.3) is 0 Å². The number of fused-ring (bicyclic) bond motifs is 1. The SMILES string of the molecule is CCc1cccc(-n2nc(C)c3c2NC(=O)C[C@H]3C(=O)c2cccs2)c1. The summed E-state index contributed by atoms with van der Waals surface area (Å²) in [6.45, 7) is 3.99. The zero-order valence-electron chi connectivity index (χ0n) is 14.7. The fourth-order valence-corrected chi connectivity index (χ4v) is 4.18. The van der Waals surface area contributed by atoms with E-state index in [1.807, 2.05) is 36.6 Å². The molecule has 3 heterocycles. The van der Waals surface area contributed by atoms with E-state index in [1.165, 1.54) is 16.9 Å². The minimum atomic E-state index is -0.486. The number of anilines is 1. The van der Waals surface area contributed by atoms with Crippen LogP contribution in [0, 0.1) is 6.92 Å². The molecule has 1 atom stereocenters. The molecule has 3 aromatic rings. The van der Waals surface area contributed by atoms with Crippen LogP contribution in [0.3, 0.4) is 0 Å². The van der Waals surface area contributed by atoms with E-state index in [4.69, 9.17) is 0 Å². The molecule has 2 aromatic heterocycles. The third-order valence-corrected chi connectivity index (χ3v) is 5.63. The predicted molar refractivity (Wildman–Crippen MR) is 102 cm³/mol. The number of thiophene rings is 1. The number of nitrogens with zero attached hydrogens (tertiary/aromatic N) is 2. The molecule has 132 valence electrons. The van der Waals surface area contributed by atoms with Crippen LogP contribution in [0.4, 0.5) is 5.82 Å². The Hall–Kier alpha value is -2.73. The van der Waals surface area contributed by atoms with Gasteiger partial charge in [0, 0.05) is 12.0 Å². The summed E-state index contributed by atoms with van der Waals surface area (Å²) in [5.74, 6) is -0.0383. The quantitative estimate of drug-likeness (QED) is 0.708. The van der Waals surface area contributed by atoms with E-state index in [0.717, 1.165) is 23.4 Å². The van der Waals surface area contributed by atoms with Crippen molar-refractivity contribution in [1.82, 2.24) is 9.78 Å². The van der Waals surface area contributed by atoms with Crippen molar-refractivity contribution in [3.8, 4) is 5.69 Å². The van der Waals surface area contributed by atoms with Crippen molar-refractivity contribution in [2.75, 3.05) is 5.32 Å². The van der Waals surface area contributed by atoms with Gasteiger partial charge in [-0.05, 0) is 42.5 Å². The minimum absolute atomic E-state index is 0.0129. The van der Waals surface area contributed by atoms with Crippen LogP contribution < -0.4 is 5.32 Å². The molecule has 0 aliphatic carbocycles. The van der Waals surface area contributed by atoms with E-state index < -0.39 is 5.92 Å². The largest absolute Gasteiger partial charge is 0.310 e. The third kappa shape index (κ3) is 2.76. The van der Waals surface area contributed by atoms with E-state index in [2.05, 4.69) is 29.5 Å². The molecule has 0 unspecified atom stereocenters. The Morgan fingerprint density at radius 3 is 2.92 bits per heavy atom. The van der Waals surface area contributed by atoms with E-state index in [1.54, 1.807) is 4.68 Å². The number of rotatable bonds is 4. The van der Waals surface area contributed by atoms with Gasteiger partial charge in [0.05, 0.1) is 22.2 Å². The molecule has 0 fully saturated rings. The van der Waals surface area contributed by atoms with Crippen LogP contribution in [-0.2, 0) is 11.2 Å². The summed E-state index contributed by atoms with van der Waals surface area (Å²) < 4.78 is 1.75. The molecule has 26 heavy (non-hydrogen) atoms. The first kappa shape index (κ1) is 16.7. The molecule has 1 aliphatic rings. The fourth-order valence-electron chi connectivity index (χ4n) is 3.46. The van der Waals surface area contributed by atoms with Gasteiger partial charge in [-0.15, -0.1) is 11.3 Å². The van der Waals surface area contributed by atoms with E-state index in [-0.39, 0.29) is 18.1 Å². The predicted octanol–water partition coefficient (Wildman–Crippen LogP) is 4.11. The average Bonchev–Trinajstić information content (AvgIpc) is 3.29. The maximum atomic E-state index is 13.0. The fraction of sp³-hybridized carbons (Fsp3) is 0.250. The second kappa shape index (κ2) is 6.53. The number of hydrogen-bond acceptors (Lipinski definition) is 4. The molecule has 1 amide bonds. The lowest BCUT2D eigenvalue weighted by molar-refractivity contribution is -0.116. The number of carbonyl (C=O) groups excluding carboxylic acids is 2. The summed E-state index contributed by atoms with van der Waals surface area (Å²) in [5.41, 5.74) is 3.68. The van der Waals surface area contributed by atoms with Gasteiger partial charge in [-0.3, -0.25) is 9.59 Å². The molecule has 0 radical (unpaired) electrons. The van der Waals surface area contributed by atoms with Gasteiger partial charge >= 0.3 is 0 Å². The highest BCUT2D eigenvalue weighted by Crippen LogP contribution is 2.38. The van der Waals surface area contributed by atoms with Gasteiger partial charge in [-0.25, -0.2) is 4.68 Å². The highest BCUT2D eigenvalue weighted by molar-refractivity contribution is 7.12. The molecular weight excluding hydrogens is 346 g/mol. The number of ketones is 1. The van der Waals surface area contributed by atoms with Crippen LogP contribution in [0.2, 0.25) is 0 Å². The average molecular weight is 365 g/mol. The van der Waals surface area contributed by atoms with Gasteiger partial charge in [-0.2, -0.15) is 5.10 Å². The lowest BCUT2D eigenvalue weighted by Gasteiger charge is -2.22. The van der Waals surface area contributed by atoms with Crippen LogP contribution in [0.1, 0.15) is 45.8 Å². The molecule has 6 heteroatoms. The maximum absolute atomic E-state index is 13.0. The number of aromatic nitrogens is 2. The Morgan fingerprint density at radius 1 is 1.35 bits per heavy atom. The molecule has 1 aliphatic heterocycles. The Labute approximate surface area is 155 Å². The van der Waals surface area contributed by atoms with Crippen LogP contribution >= 0.6 is 11.3 Å². The standard InChI is InChI=1S/C20H19N3O2S/c1-3-13-6-4-7-14(10-13)23-20-18(12(2)22-23)15(11-17(24)21-20)19(25)16-8-5-9-26-16/h4-10,15H,3,11H2,1-2H3,(H,21,24)/t15-/m1/s1. The van der Waals surface area contributed by atoms with Crippen molar-refractivity contribution in [3.05, 3.63) is 63.5 Å². The molecule has 0 saturated carbocycles. The smallest absolute Gasteiger partial charge is 0.226 e. The molecule has 4 rings (SSSR count). The second-order valence-electron chi connectivity index (χ2n) is 6.43. The number of carbonyl (C=O) groups is 2. The van der Waals surface area contributed by atoms with Gasteiger partial charge in [0.15, 0.2) is 5.78 Å². The molecule has 0 bridgehead atoms. The summed E-state index contributed by atoms with van der Waals surface area (Å²) in [6.07, 6.45) is 1.08. The molecule has 5 nitrogen and oxygen atoms in total. The van der Waals surface area contributed by atoms with Crippen molar-refractivity contribution in [2.24, 2.45) is 0 Å². The number of benzene rings is 1. The van der Waals surface area contributed by atoms with E-state index >= 15 is 0 Å². The summed E-state index contributed by atoms with van der Waals surface area (Å²) in [6, 6.07) is 11.7. The topological polar surface area (TPSA) is 64.0 Å². The normalized spacial score (nSPS) is 16.2. The van der Waals surface area contributed by atoms with Gasteiger partial charge < -0.3 is 5.32 Å². The second-order valence-corrected chi connectivity index (χ2v) is 7.38. The molecule has 0 spiro atoms. The number of amides is 1. The van der Waals surface area contributed by atoms with E-state index in [9.17, 15) is 9.59 Å². The third-order valence-electron chi connectivity index (χ3n) is 4.75. The lowest BCUT2D eigenvalue weighted by atomic mass is 9.87. The van der Waals surface area contributed by atoms with Crippen LogP contribution in [0.25, 0.3) is 5.69 Å². The Kier molecular flexibility index (Phi) is 4.20. The first-order valence-electron chi connectivity index (χ1n) is 8.65. The van der Waals surface area contributed by atoms with Crippen molar-refractivity contribution in [1.29, 1.82) is 0 Å². The number of nitrogens with one attached hydrogen (secondary N) is 1.